The van der Waals surface area contributed by atoms with Gasteiger partial charge < -0.3 is 4.74 Å². The first-order chi connectivity index (χ1) is 15.2. The number of ketones is 1. The fraction of sp³-hybridized carbons (Fsp3) is 0.481. The molecular weight excluding hydrogens is 405 g/mol. The number of hydrogen-bond donors (Lipinski definition) is 1. The van der Waals surface area contributed by atoms with E-state index in [4.69, 9.17) is 4.74 Å². The topological polar surface area (TPSA) is 55.4 Å². The summed E-state index contributed by atoms with van der Waals surface area (Å²) < 4.78 is 14.7. The van der Waals surface area contributed by atoms with Crippen LogP contribution < -0.4 is 5.32 Å². The van der Waals surface area contributed by atoms with E-state index in [-0.39, 0.29) is 5.78 Å². The van der Waals surface area contributed by atoms with Crippen LogP contribution >= 0.6 is 0 Å². The SMILES string of the molecule is C=C/C=C(\C=C)C(=O)C(/C=C\C)=C/C(=C\C)NC(=O)OC(C)(C)C.CC.CC.CC.CF. The minimum atomic E-state index is -0.600. The Hall–Kier alpha value is -2.69. The third-order valence-electron chi connectivity index (χ3n) is 2.66. The number of hydrogen-bond acceptors (Lipinski definition) is 3. The van der Waals surface area contributed by atoms with Crippen molar-refractivity contribution in [1.82, 2.24) is 5.32 Å². The molecule has 0 aromatic rings. The number of rotatable bonds is 7. The lowest BCUT2D eigenvalue weighted by atomic mass is 10.0. The molecule has 0 aliphatic carbocycles. The number of Topliss-reactive ketones (excluding diaryl/α,β-unsaturated/α-hetero) is 1. The summed E-state index contributed by atoms with van der Waals surface area (Å²) in [6.45, 7) is 28.1. The average molecular weight is 454 g/mol. The van der Waals surface area contributed by atoms with Gasteiger partial charge in [-0.05, 0) is 40.7 Å². The number of amides is 1. The van der Waals surface area contributed by atoms with Gasteiger partial charge >= 0.3 is 6.09 Å². The molecule has 0 radical (unpaired) electrons. The predicted molar refractivity (Wildman–Crippen MR) is 141 cm³/mol. The van der Waals surface area contributed by atoms with Crippen LogP contribution in [0, 0.1) is 0 Å². The highest BCUT2D eigenvalue weighted by Gasteiger charge is 2.17. The maximum absolute atomic E-state index is 12.5. The quantitative estimate of drug-likeness (QED) is 0.311. The van der Waals surface area contributed by atoms with Crippen LogP contribution in [0.25, 0.3) is 0 Å². The van der Waals surface area contributed by atoms with E-state index in [1.165, 1.54) is 12.2 Å². The normalized spacial score (nSPS) is 11.0. The molecule has 0 heterocycles. The van der Waals surface area contributed by atoms with Gasteiger partial charge in [-0.2, -0.15) is 0 Å². The highest BCUT2D eigenvalue weighted by molar-refractivity contribution is 6.12. The highest BCUT2D eigenvalue weighted by atomic mass is 19.1. The zero-order valence-electron chi connectivity index (χ0n) is 22.6. The molecule has 0 rings (SSSR count). The van der Waals surface area contributed by atoms with Crippen molar-refractivity contribution < 1.29 is 18.7 Å². The Morgan fingerprint density at radius 3 is 1.69 bits per heavy atom. The van der Waals surface area contributed by atoms with Gasteiger partial charge in [0.1, 0.15) is 5.60 Å². The molecule has 0 fully saturated rings. The molecular formula is C27H48FNO3. The molecule has 0 aromatic carbocycles. The van der Waals surface area contributed by atoms with E-state index in [0.717, 1.165) is 0 Å². The van der Waals surface area contributed by atoms with Crippen molar-refractivity contribution in [3.8, 4) is 0 Å². The smallest absolute Gasteiger partial charge is 0.412 e. The summed E-state index contributed by atoms with van der Waals surface area (Å²) in [6.07, 6.45) is 10.7. The van der Waals surface area contributed by atoms with Crippen LogP contribution in [-0.4, -0.2) is 24.7 Å². The summed E-state index contributed by atoms with van der Waals surface area (Å²) in [6, 6.07) is 0. The van der Waals surface area contributed by atoms with Gasteiger partial charge in [0.05, 0.1) is 7.18 Å². The first-order valence-corrected chi connectivity index (χ1v) is 11.1. The van der Waals surface area contributed by atoms with Gasteiger partial charge in [-0.1, -0.05) is 91.2 Å². The summed E-state index contributed by atoms with van der Waals surface area (Å²) in [5.41, 5.74) is 0.696. The van der Waals surface area contributed by atoms with E-state index in [1.807, 2.05) is 48.5 Å². The number of nitrogens with one attached hydrogen (secondary N) is 1. The first-order valence-electron chi connectivity index (χ1n) is 11.1. The minimum absolute atomic E-state index is 0.215. The molecule has 186 valence electrons. The molecule has 0 unspecified atom stereocenters. The minimum Gasteiger partial charge on any atom is -0.444 e. The maximum Gasteiger partial charge on any atom is 0.412 e. The van der Waals surface area contributed by atoms with Crippen LogP contribution in [0.15, 0.2) is 72.5 Å². The summed E-state index contributed by atoms with van der Waals surface area (Å²) >= 11 is 0. The molecule has 4 nitrogen and oxygen atoms in total. The monoisotopic (exact) mass is 453 g/mol. The Morgan fingerprint density at radius 1 is 0.906 bits per heavy atom. The molecule has 1 N–H and O–H groups in total. The summed E-state index contributed by atoms with van der Waals surface area (Å²) in [5, 5.41) is 2.63. The zero-order chi connectivity index (χ0) is 26.8. The van der Waals surface area contributed by atoms with E-state index >= 15 is 0 Å². The van der Waals surface area contributed by atoms with Crippen molar-refractivity contribution in [3.05, 3.63) is 72.5 Å². The van der Waals surface area contributed by atoms with Crippen LogP contribution in [0.3, 0.4) is 0 Å². The molecule has 0 aliphatic heterocycles. The van der Waals surface area contributed by atoms with Crippen LogP contribution in [-0.2, 0) is 9.53 Å². The van der Waals surface area contributed by atoms with E-state index in [9.17, 15) is 14.0 Å². The summed E-state index contributed by atoms with van der Waals surface area (Å²) in [7, 11) is 0.500. The standard InChI is InChI=1S/C20H27NO3.3C2H6.CH3F/c1-8-12-15(10-3)18(22)16(13-9-2)14-17(11-4)21-19(23)24-20(5,6)7;4*1-2/h8-14H,1,3H2,2,4-7H3,(H,21,23);3*1-2H3;1H3/b13-9-,15-12+,16-14+,17-11+;;;;. The van der Waals surface area contributed by atoms with Crippen molar-refractivity contribution >= 4 is 11.9 Å². The molecule has 5 heteroatoms. The molecule has 1 amide bonds. The van der Waals surface area contributed by atoms with Crippen LogP contribution in [0.2, 0.25) is 0 Å². The molecule has 0 saturated heterocycles. The molecule has 0 spiro atoms. The number of alkyl halides is 1. The Balaban J connectivity index is -0.000000271. The van der Waals surface area contributed by atoms with Crippen molar-refractivity contribution in [1.29, 1.82) is 0 Å². The third kappa shape index (κ3) is 23.6. The van der Waals surface area contributed by atoms with E-state index in [1.54, 1.807) is 58.1 Å². The maximum atomic E-state index is 12.5. The number of ether oxygens (including phenoxy) is 1. The zero-order valence-corrected chi connectivity index (χ0v) is 22.6. The Kier molecular flexibility index (Phi) is 35.2. The summed E-state index contributed by atoms with van der Waals surface area (Å²) in [4.78, 5) is 24.4. The molecule has 0 bridgehead atoms. The second kappa shape index (κ2) is 28.3. The van der Waals surface area contributed by atoms with Crippen molar-refractivity contribution in [2.75, 3.05) is 7.18 Å². The van der Waals surface area contributed by atoms with E-state index in [0.29, 0.717) is 24.0 Å². The van der Waals surface area contributed by atoms with E-state index < -0.39 is 11.7 Å². The van der Waals surface area contributed by atoms with Gasteiger partial charge in [0.15, 0.2) is 5.78 Å². The first kappa shape index (κ1) is 39.7. The number of allylic oxidation sites excluding steroid dienone is 9. The van der Waals surface area contributed by atoms with Gasteiger partial charge in [-0.3, -0.25) is 14.5 Å². The lowest BCUT2D eigenvalue weighted by Crippen LogP contribution is -2.31. The second-order valence-corrected chi connectivity index (χ2v) is 5.86. The second-order valence-electron chi connectivity index (χ2n) is 5.86. The number of carbonyl (C=O) groups excluding carboxylic acids is 2. The van der Waals surface area contributed by atoms with Gasteiger partial charge in [0.25, 0.3) is 0 Å². The van der Waals surface area contributed by atoms with Gasteiger partial charge in [0.2, 0.25) is 0 Å². The molecule has 0 aliphatic rings. The van der Waals surface area contributed by atoms with Crippen molar-refractivity contribution in [2.24, 2.45) is 0 Å². The Morgan fingerprint density at radius 2 is 1.38 bits per heavy atom. The summed E-state index contributed by atoms with van der Waals surface area (Å²) in [5.74, 6) is -0.215. The number of alkyl carbamates (subject to hydrolysis) is 1. The molecule has 0 atom stereocenters. The fourth-order valence-electron chi connectivity index (χ4n) is 1.68. The molecule has 0 saturated carbocycles. The highest BCUT2D eigenvalue weighted by Crippen LogP contribution is 2.13. The van der Waals surface area contributed by atoms with Crippen molar-refractivity contribution in [2.45, 2.75) is 81.8 Å². The number of carbonyl (C=O) groups is 2. The fourth-order valence-corrected chi connectivity index (χ4v) is 1.68. The lowest BCUT2D eigenvalue weighted by molar-refractivity contribution is -0.111. The largest absolute Gasteiger partial charge is 0.444 e. The van der Waals surface area contributed by atoms with Crippen LogP contribution in [0.1, 0.15) is 76.2 Å². The average Bonchev–Trinajstić information content (AvgIpc) is 2.80. The van der Waals surface area contributed by atoms with Crippen LogP contribution in [0.5, 0.6) is 0 Å². The molecule has 32 heavy (non-hydrogen) atoms. The van der Waals surface area contributed by atoms with Gasteiger partial charge in [-0.25, -0.2) is 4.79 Å². The number of halogens is 1. The lowest BCUT2D eigenvalue weighted by Gasteiger charge is -2.20. The van der Waals surface area contributed by atoms with Crippen molar-refractivity contribution in [3.63, 3.8) is 0 Å². The van der Waals surface area contributed by atoms with E-state index in [2.05, 4.69) is 18.5 Å². The Bertz CT molecular complexity index is 619. The van der Waals surface area contributed by atoms with Gasteiger partial charge in [0, 0.05) is 16.8 Å². The predicted octanol–water partition coefficient (Wildman–Crippen LogP) is 8.45. The van der Waals surface area contributed by atoms with Crippen LogP contribution in [0.4, 0.5) is 9.18 Å². The van der Waals surface area contributed by atoms with Gasteiger partial charge in [-0.15, -0.1) is 0 Å². The third-order valence-corrected chi connectivity index (χ3v) is 2.66. The molecule has 0 aromatic heterocycles. The Labute approximate surface area is 197 Å².